The van der Waals surface area contributed by atoms with Crippen molar-refractivity contribution in [3.8, 4) is 0 Å². The van der Waals surface area contributed by atoms with E-state index in [-0.39, 0.29) is 0 Å². The van der Waals surface area contributed by atoms with E-state index in [9.17, 15) is 10.2 Å². The summed E-state index contributed by atoms with van der Waals surface area (Å²) in [6.07, 6.45) is 14.6. The molecule has 0 saturated heterocycles. The Morgan fingerprint density at radius 1 is 0.840 bits per heavy atom. The molecular formula is C22H44O2Sn. The van der Waals surface area contributed by atoms with E-state index in [2.05, 4.69) is 24.9 Å². The van der Waals surface area contributed by atoms with Gasteiger partial charge in [-0.3, -0.25) is 0 Å². The number of hydrogen-bond acceptors (Lipinski definition) is 2. The molecule has 0 aromatic carbocycles. The molecule has 0 radical (unpaired) electrons. The summed E-state index contributed by atoms with van der Waals surface area (Å²) in [5.74, 6) is 0.305. The van der Waals surface area contributed by atoms with Crippen molar-refractivity contribution < 1.29 is 10.2 Å². The zero-order valence-electron chi connectivity index (χ0n) is 17.2. The van der Waals surface area contributed by atoms with Crippen LogP contribution in [0.4, 0.5) is 0 Å². The van der Waals surface area contributed by atoms with Crippen LogP contribution in [0.1, 0.15) is 91.4 Å². The predicted molar refractivity (Wildman–Crippen MR) is 113 cm³/mol. The molecule has 2 nitrogen and oxygen atoms in total. The molecule has 1 fully saturated rings. The SMILES string of the molecule is CCC[CH2][Sn](/[CH]=C/[C@H](O)[C@@H](O)C1CCCCC1)([CH2]CCC)[CH2]CCC. The molecule has 0 aromatic rings. The van der Waals surface area contributed by atoms with Gasteiger partial charge in [0.1, 0.15) is 0 Å². The number of hydrogen-bond donors (Lipinski definition) is 2. The van der Waals surface area contributed by atoms with Crippen LogP contribution in [0, 0.1) is 5.92 Å². The Kier molecular flexibility index (Phi) is 12.8. The first-order chi connectivity index (χ1) is 12.1. The molecule has 3 heteroatoms. The first-order valence-corrected chi connectivity index (χ1v) is 18.8. The van der Waals surface area contributed by atoms with Crippen LogP contribution >= 0.6 is 0 Å². The Morgan fingerprint density at radius 3 is 1.76 bits per heavy atom. The zero-order chi connectivity index (χ0) is 18.5. The molecule has 1 saturated carbocycles. The van der Waals surface area contributed by atoms with Gasteiger partial charge in [0.15, 0.2) is 0 Å². The van der Waals surface area contributed by atoms with E-state index in [1.54, 1.807) is 0 Å². The van der Waals surface area contributed by atoms with Crippen molar-refractivity contribution in [2.45, 2.75) is 117 Å². The Labute approximate surface area is 161 Å². The first kappa shape index (κ1) is 23.5. The molecule has 0 unspecified atom stereocenters. The molecule has 0 aliphatic heterocycles. The number of rotatable bonds is 13. The van der Waals surface area contributed by atoms with E-state index in [0.717, 1.165) is 12.8 Å². The van der Waals surface area contributed by atoms with Gasteiger partial charge in [0, 0.05) is 0 Å². The molecular weight excluding hydrogens is 415 g/mol. The van der Waals surface area contributed by atoms with E-state index in [4.69, 9.17) is 0 Å². The molecule has 148 valence electrons. The molecule has 0 bridgehead atoms. The summed E-state index contributed by atoms with van der Waals surface area (Å²) >= 11 is -2.33. The monoisotopic (exact) mass is 460 g/mol. The summed E-state index contributed by atoms with van der Waals surface area (Å²) in [4.78, 5) is 0. The fourth-order valence-corrected chi connectivity index (χ4v) is 18.7. The normalized spacial score (nSPS) is 19.4. The van der Waals surface area contributed by atoms with Crippen molar-refractivity contribution in [3.05, 3.63) is 10.2 Å². The molecule has 2 atom stereocenters. The summed E-state index contributed by atoms with van der Waals surface area (Å²) < 4.78 is 6.78. The number of aliphatic hydroxyl groups excluding tert-OH is 2. The number of unbranched alkanes of at least 4 members (excludes halogenated alkanes) is 3. The second-order valence-corrected chi connectivity index (χ2v) is 21.4. The molecule has 1 rings (SSSR count). The fraction of sp³-hybridized carbons (Fsp3) is 0.909. The van der Waals surface area contributed by atoms with Crippen molar-refractivity contribution in [2.75, 3.05) is 0 Å². The van der Waals surface area contributed by atoms with Gasteiger partial charge < -0.3 is 0 Å². The van der Waals surface area contributed by atoms with E-state index in [1.807, 2.05) is 6.08 Å². The van der Waals surface area contributed by atoms with Gasteiger partial charge >= 0.3 is 162 Å². The maximum absolute atomic E-state index is 10.6. The first-order valence-electron chi connectivity index (χ1n) is 11.1. The Balaban J connectivity index is 2.77. The quantitative estimate of drug-likeness (QED) is 0.321. The van der Waals surface area contributed by atoms with E-state index >= 15 is 0 Å². The van der Waals surface area contributed by atoms with Crippen molar-refractivity contribution >= 4 is 18.4 Å². The van der Waals surface area contributed by atoms with Crippen LogP contribution in [0.2, 0.25) is 13.3 Å². The summed E-state index contributed by atoms with van der Waals surface area (Å²) in [5.41, 5.74) is 0. The molecule has 2 N–H and O–H groups in total. The van der Waals surface area contributed by atoms with Crippen LogP contribution in [0.3, 0.4) is 0 Å². The Bertz CT molecular complexity index is 328. The third-order valence-corrected chi connectivity index (χ3v) is 20.3. The molecule has 25 heavy (non-hydrogen) atoms. The van der Waals surface area contributed by atoms with Crippen molar-refractivity contribution in [1.82, 2.24) is 0 Å². The van der Waals surface area contributed by atoms with Gasteiger partial charge in [-0.2, -0.15) is 0 Å². The molecule has 1 aliphatic rings. The van der Waals surface area contributed by atoms with E-state index in [0.29, 0.717) is 5.92 Å². The summed E-state index contributed by atoms with van der Waals surface area (Å²) in [7, 11) is 0. The van der Waals surface area contributed by atoms with Gasteiger partial charge in [0.05, 0.1) is 0 Å². The van der Waals surface area contributed by atoms with Crippen LogP contribution in [0.5, 0.6) is 0 Å². The predicted octanol–water partition coefficient (Wildman–Crippen LogP) is 6.23. The summed E-state index contributed by atoms with van der Waals surface area (Å²) in [5, 5.41) is 21.2. The minimum atomic E-state index is -2.33. The summed E-state index contributed by atoms with van der Waals surface area (Å²) in [6.45, 7) is 6.88. The van der Waals surface area contributed by atoms with Crippen LogP contribution in [-0.4, -0.2) is 40.8 Å². The van der Waals surface area contributed by atoms with Gasteiger partial charge in [-0.05, 0) is 0 Å². The van der Waals surface area contributed by atoms with Gasteiger partial charge in [0.25, 0.3) is 0 Å². The van der Waals surface area contributed by atoms with Gasteiger partial charge in [-0.15, -0.1) is 0 Å². The zero-order valence-corrected chi connectivity index (χ0v) is 20.0. The van der Waals surface area contributed by atoms with E-state index in [1.165, 1.54) is 71.1 Å². The molecule has 0 heterocycles. The Hall–Kier alpha value is 0.459. The van der Waals surface area contributed by atoms with Gasteiger partial charge in [-0.25, -0.2) is 0 Å². The summed E-state index contributed by atoms with van der Waals surface area (Å²) in [6, 6.07) is 0. The third kappa shape index (κ3) is 8.79. The molecule has 0 amide bonds. The average molecular weight is 459 g/mol. The average Bonchev–Trinajstić information content (AvgIpc) is 2.66. The van der Waals surface area contributed by atoms with Crippen LogP contribution < -0.4 is 0 Å². The fourth-order valence-electron chi connectivity index (χ4n) is 4.38. The van der Waals surface area contributed by atoms with Crippen molar-refractivity contribution in [1.29, 1.82) is 0 Å². The van der Waals surface area contributed by atoms with Gasteiger partial charge in [-0.1, -0.05) is 0 Å². The maximum atomic E-state index is 10.6. The van der Waals surface area contributed by atoms with Crippen molar-refractivity contribution in [3.63, 3.8) is 0 Å². The van der Waals surface area contributed by atoms with Crippen LogP contribution in [0.25, 0.3) is 0 Å². The second kappa shape index (κ2) is 13.6. The molecule has 0 spiro atoms. The van der Waals surface area contributed by atoms with Crippen molar-refractivity contribution in [2.24, 2.45) is 5.92 Å². The third-order valence-electron chi connectivity index (χ3n) is 6.21. The number of aliphatic hydroxyl groups is 2. The Morgan fingerprint density at radius 2 is 1.32 bits per heavy atom. The van der Waals surface area contributed by atoms with Crippen LogP contribution in [-0.2, 0) is 0 Å². The minimum absolute atomic E-state index is 0.305. The van der Waals surface area contributed by atoms with Gasteiger partial charge in [0.2, 0.25) is 0 Å². The second-order valence-electron chi connectivity index (χ2n) is 8.41. The standard InChI is InChI=1S/C10H17O2.3C4H9.Sn/c1-2-9(11)10(12)8-6-4-3-5-7-8;3*1-3-4-2;/h1-2,8-12H,3-7H2;3*1,3-4H2,2H3;/t9-,10-;;;;/m0..../s1. The molecule has 0 aromatic heterocycles. The topological polar surface area (TPSA) is 40.5 Å². The molecule has 1 aliphatic carbocycles. The van der Waals surface area contributed by atoms with Crippen LogP contribution in [0.15, 0.2) is 10.2 Å². The van der Waals surface area contributed by atoms with E-state index < -0.39 is 30.6 Å².